The van der Waals surface area contributed by atoms with E-state index in [4.69, 9.17) is 16.6 Å². The van der Waals surface area contributed by atoms with Crippen LogP contribution < -0.4 is 5.32 Å². The lowest BCUT2D eigenvalue weighted by Crippen LogP contribution is -2.45. The fourth-order valence-corrected chi connectivity index (χ4v) is 7.17. The van der Waals surface area contributed by atoms with Gasteiger partial charge in [0.15, 0.2) is 0 Å². The third-order valence-corrected chi connectivity index (χ3v) is 9.26. The third kappa shape index (κ3) is 5.35. The van der Waals surface area contributed by atoms with Gasteiger partial charge in [-0.05, 0) is 36.1 Å². The molecule has 2 aromatic heterocycles. The van der Waals surface area contributed by atoms with Crippen LogP contribution in [0.15, 0.2) is 102 Å². The third-order valence-electron chi connectivity index (χ3n) is 7.29. The van der Waals surface area contributed by atoms with Gasteiger partial charge >= 0.3 is 0 Å². The first-order valence-corrected chi connectivity index (χ1v) is 15.2. The average molecular weight is 572 g/mol. The predicted octanol–water partition coefficient (Wildman–Crippen LogP) is 6.31. The topological polar surface area (TPSA) is 80.1 Å². The zero-order valence-electron chi connectivity index (χ0n) is 22.1. The molecule has 0 bridgehead atoms. The number of likely N-dealkylation sites (tertiary alicyclic amines) is 1. The number of halogens is 1. The summed E-state index contributed by atoms with van der Waals surface area (Å²) in [5.74, 6) is 0.990. The van der Waals surface area contributed by atoms with Crippen molar-refractivity contribution in [2.24, 2.45) is 5.92 Å². The zero-order chi connectivity index (χ0) is 27.7. The number of para-hydroxylation sites is 1. The summed E-state index contributed by atoms with van der Waals surface area (Å²) in [6.45, 7) is 5.07. The summed E-state index contributed by atoms with van der Waals surface area (Å²) in [4.78, 5) is 12.0. The van der Waals surface area contributed by atoms with Gasteiger partial charge in [0.05, 0.1) is 27.3 Å². The van der Waals surface area contributed by atoms with Gasteiger partial charge in [-0.3, -0.25) is 4.90 Å². The smallest absolute Gasteiger partial charge is 0.268 e. The minimum atomic E-state index is -3.83. The molecule has 1 aliphatic rings. The van der Waals surface area contributed by atoms with E-state index < -0.39 is 10.0 Å². The van der Waals surface area contributed by atoms with E-state index in [1.807, 2.05) is 24.3 Å². The Morgan fingerprint density at radius 2 is 1.65 bits per heavy atom. The number of nitrogens with zero attached hydrogens (tertiary/aromatic N) is 4. The Bertz CT molecular complexity index is 1740. The Morgan fingerprint density at radius 1 is 0.950 bits per heavy atom. The number of nitrogens with one attached hydrogen (secondary N) is 1. The summed E-state index contributed by atoms with van der Waals surface area (Å²) >= 11 is 6.63. The van der Waals surface area contributed by atoms with E-state index >= 15 is 0 Å². The number of rotatable bonds is 7. The van der Waals surface area contributed by atoms with Crippen molar-refractivity contribution in [1.82, 2.24) is 18.8 Å². The summed E-state index contributed by atoms with van der Waals surface area (Å²) in [7, 11) is -3.83. The average Bonchev–Trinajstić information content (AvgIpc) is 3.35. The van der Waals surface area contributed by atoms with Gasteiger partial charge in [0, 0.05) is 42.8 Å². The highest BCUT2D eigenvalue weighted by Crippen LogP contribution is 2.36. The van der Waals surface area contributed by atoms with Crippen LogP contribution in [0.2, 0.25) is 5.02 Å². The molecule has 9 heteroatoms. The van der Waals surface area contributed by atoms with E-state index in [0.717, 1.165) is 31.4 Å². The number of anilines is 1. The zero-order valence-corrected chi connectivity index (χ0v) is 23.7. The Labute approximate surface area is 239 Å². The van der Waals surface area contributed by atoms with Crippen LogP contribution in [0, 0.1) is 5.92 Å². The van der Waals surface area contributed by atoms with Crippen molar-refractivity contribution in [3.8, 4) is 11.3 Å². The van der Waals surface area contributed by atoms with Gasteiger partial charge in [0.2, 0.25) is 5.95 Å². The summed E-state index contributed by atoms with van der Waals surface area (Å²) in [6.07, 6.45) is 4.19. The first-order chi connectivity index (χ1) is 19.4. The first-order valence-electron chi connectivity index (χ1n) is 13.3. The Morgan fingerprint density at radius 3 is 2.42 bits per heavy atom. The van der Waals surface area contributed by atoms with Crippen molar-refractivity contribution in [3.05, 3.63) is 108 Å². The molecule has 1 aliphatic heterocycles. The van der Waals surface area contributed by atoms with E-state index in [0.29, 0.717) is 33.7 Å². The maximum atomic E-state index is 13.6. The monoisotopic (exact) mass is 571 g/mol. The molecule has 5 aromatic rings. The molecule has 0 spiro atoms. The van der Waals surface area contributed by atoms with Crippen molar-refractivity contribution in [1.29, 1.82) is 0 Å². The molecule has 0 unspecified atom stereocenters. The minimum Gasteiger partial charge on any atom is -0.350 e. The second-order valence-corrected chi connectivity index (χ2v) is 12.6. The van der Waals surface area contributed by atoms with Crippen molar-refractivity contribution in [3.63, 3.8) is 0 Å². The van der Waals surface area contributed by atoms with Crippen LogP contribution in [0.25, 0.3) is 22.2 Å². The molecule has 0 aliphatic carbocycles. The van der Waals surface area contributed by atoms with Gasteiger partial charge in [-0.25, -0.2) is 22.4 Å². The summed E-state index contributed by atoms with van der Waals surface area (Å²) in [5, 5.41) is 4.63. The summed E-state index contributed by atoms with van der Waals surface area (Å²) in [5.41, 5.74) is 2.97. The highest BCUT2D eigenvalue weighted by Gasteiger charge is 2.27. The lowest BCUT2D eigenvalue weighted by Gasteiger charge is -2.36. The van der Waals surface area contributed by atoms with Gasteiger partial charge < -0.3 is 5.32 Å². The fraction of sp³-hybridized carbons (Fsp3) is 0.226. The molecule has 7 nitrogen and oxygen atoms in total. The molecule has 3 aromatic carbocycles. The molecule has 1 fully saturated rings. The van der Waals surface area contributed by atoms with Crippen LogP contribution in [-0.4, -0.2) is 46.4 Å². The molecule has 1 saturated heterocycles. The molecule has 6 rings (SSSR count). The summed E-state index contributed by atoms with van der Waals surface area (Å²) in [6, 6.07) is 26.5. The molecule has 204 valence electrons. The van der Waals surface area contributed by atoms with Crippen LogP contribution in [0.5, 0.6) is 0 Å². The first kappa shape index (κ1) is 26.5. The Kier molecular flexibility index (Phi) is 7.31. The van der Waals surface area contributed by atoms with Crippen molar-refractivity contribution < 1.29 is 8.42 Å². The van der Waals surface area contributed by atoms with Crippen molar-refractivity contribution >= 4 is 38.5 Å². The molecule has 0 amide bonds. The lowest BCUT2D eigenvalue weighted by molar-refractivity contribution is 0.165. The highest BCUT2D eigenvalue weighted by atomic mass is 35.5. The standard InChI is InChI=1S/C31H30ClN5O2S/c1-22-16-24(20-36(18-22)19-23-10-4-2-5-11-23)34-31-33-17-28(32)30(35-31)27-21-37(29-15-9-8-14-26(27)29)40(38,39)25-12-6-3-7-13-25/h2-15,17,21-22,24H,16,18-20H2,1H3,(H,33,34,35)/t22-,24+/m1/s1. The second-order valence-electron chi connectivity index (χ2n) is 10.4. The van der Waals surface area contributed by atoms with Crippen LogP contribution >= 0.6 is 11.6 Å². The number of fused-ring (bicyclic) bond motifs is 1. The normalized spacial score (nSPS) is 18.1. The largest absolute Gasteiger partial charge is 0.350 e. The molecule has 1 N–H and O–H groups in total. The highest BCUT2D eigenvalue weighted by molar-refractivity contribution is 7.90. The Hall–Kier alpha value is -3.72. The molecular weight excluding hydrogens is 542 g/mol. The minimum absolute atomic E-state index is 0.168. The van der Waals surface area contributed by atoms with E-state index in [1.165, 1.54) is 9.54 Å². The van der Waals surface area contributed by atoms with E-state index in [1.54, 1.807) is 48.8 Å². The number of hydrogen-bond donors (Lipinski definition) is 1. The maximum Gasteiger partial charge on any atom is 0.268 e. The molecule has 0 saturated carbocycles. The lowest BCUT2D eigenvalue weighted by atomic mass is 9.95. The van der Waals surface area contributed by atoms with Gasteiger partial charge in [-0.15, -0.1) is 0 Å². The number of hydrogen-bond acceptors (Lipinski definition) is 6. The van der Waals surface area contributed by atoms with E-state index in [9.17, 15) is 8.42 Å². The predicted molar refractivity (Wildman–Crippen MR) is 160 cm³/mol. The molecule has 3 heterocycles. The van der Waals surface area contributed by atoms with E-state index in [2.05, 4.69) is 46.4 Å². The van der Waals surface area contributed by atoms with Crippen LogP contribution in [0.3, 0.4) is 0 Å². The molecule has 2 atom stereocenters. The number of benzene rings is 3. The summed E-state index contributed by atoms with van der Waals surface area (Å²) < 4.78 is 28.5. The van der Waals surface area contributed by atoms with E-state index in [-0.39, 0.29) is 10.9 Å². The fourth-order valence-electron chi connectivity index (χ4n) is 5.59. The van der Waals surface area contributed by atoms with Gasteiger partial charge in [0.25, 0.3) is 10.0 Å². The number of aromatic nitrogens is 3. The van der Waals surface area contributed by atoms with Crippen LogP contribution in [0.1, 0.15) is 18.9 Å². The quantitative estimate of drug-likeness (QED) is 0.246. The van der Waals surface area contributed by atoms with Crippen LogP contribution in [-0.2, 0) is 16.6 Å². The molecule has 40 heavy (non-hydrogen) atoms. The molecular formula is C31H30ClN5O2S. The second kappa shape index (κ2) is 11.0. The van der Waals surface area contributed by atoms with Gasteiger partial charge in [0.1, 0.15) is 0 Å². The van der Waals surface area contributed by atoms with Gasteiger partial charge in [-0.2, -0.15) is 0 Å². The SMILES string of the molecule is C[C@@H]1C[C@H](Nc2ncc(Cl)c(-c3cn(S(=O)(=O)c4ccccc4)c4ccccc34)n2)CN(Cc2ccccc2)C1. The molecule has 0 radical (unpaired) electrons. The maximum absolute atomic E-state index is 13.6. The van der Waals surface area contributed by atoms with Crippen molar-refractivity contribution in [2.45, 2.75) is 30.8 Å². The number of piperidine rings is 1. The Balaban J connectivity index is 1.32. The van der Waals surface area contributed by atoms with Crippen molar-refractivity contribution in [2.75, 3.05) is 18.4 Å². The van der Waals surface area contributed by atoms with Crippen LogP contribution in [0.4, 0.5) is 5.95 Å². The van der Waals surface area contributed by atoms with Gasteiger partial charge in [-0.1, -0.05) is 85.3 Å².